The van der Waals surface area contributed by atoms with Gasteiger partial charge in [0.05, 0.1) is 6.61 Å². The molecule has 50 heavy (non-hydrogen) atoms. The van der Waals surface area contributed by atoms with Gasteiger partial charge in [-0.15, -0.1) is 0 Å². The van der Waals surface area contributed by atoms with Crippen molar-refractivity contribution in [1.82, 2.24) is 0 Å². The number of carbonyl (C=O) groups excluding carboxylic acids is 1. The third-order valence-electron chi connectivity index (χ3n) is 10.8. The second-order valence-electron chi connectivity index (χ2n) is 15.9. The van der Waals surface area contributed by atoms with E-state index in [-0.39, 0.29) is 5.97 Å². The van der Waals surface area contributed by atoms with Crippen molar-refractivity contribution in [2.45, 2.75) is 277 Å². The van der Waals surface area contributed by atoms with E-state index in [0.29, 0.717) is 19.6 Å². The van der Waals surface area contributed by atoms with E-state index in [1.54, 1.807) is 0 Å². The molecule has 0 atom stereocenters. The van der Waals surface area contributed by atoms with Gasteiger partial charge < -0.3 is 5.11 Å². The van der Waals surface area contributed by atoms with Gasteiger partial charge in [0.1, 0.15) is 0 Å². The van der Waals surface area contributed by atoms with Gasteiger partial charge in [-0.05, 0) is 19.3 Å². The molecule has 1 N–H and O–H groups in total. The van der Waals surface area contributed by atoms with E-state index in [4.69, 9.17) is 14.9 Å². The lowest BCUT2D eigenvalue weighted by Gasteiger charge is -2.05. The van der Waals surface area contributed by atoms with Gasteiger partial charge in [-0.25, -0.2) is 4.79 Å². The number of carbonyl (C=O) groups is 1. The molecule has 0 rings (SSSR count). The molecule has 0 aliphatic carbocycles. The summed E-state index contributed by atoms with van der Waals surface area (Å²) in [6.07, 6.45) is 55.8. The minimum atomic E-state index is -0.194. The number of unbranched alkanes of at least 4 members (excludes halogenated alkanes) is 39. The van der Waals surface area contributed by atoms with E-state index in [2.05, 4.69) is 6.92 Å². The van der Waals surface area contributed by atoms with Gasteiger partial charge in [-0.3, -0.25) is 4.89 Å². The molecule has 0 heterocycles. The SMILES string of the molecule is CCCCCCCCCCCCCCCCCC(=O)OOCCCCCCCCCCCCCCCCCCCCCCCCCCCCO. The fraction of sp³-hybridized carbons (Fsp3) is 0.978. The summed E-state index contributed by atoms with van der Waals surface area (Å²) in [5, 5.41) is 8.81. The van der Waals surface area contributed by atoms with Crippen molar-refractivity contribution in [2.75, 3.05) is 13.2 Å². The van der Waals surface area contributed by atoms with Crippen LogP contribution in [0.2, 0.25) is 0 Å². The maximum atomic E-state index is 11.9. The zero-order valence-corrected chi connectivity index (χ0v) is 34.3. The maximum Gasteiger partial charge on any atom is 0.342 e. The summed E-state index contributed by atoms with van der Waals surface area (Å²) < 4.78 is 0. The van der Waals surface area contributed by atoms with E-state index < -0.39 is 0 Å². The molecule has 0 radical (unpaired) electrons. The largest absolute Gasteiger partial charge is 0.396 e. The lowest BCUT2D eigenvalue weighted by atomic mass is 10.0. The van der Waals surface area contributed by atoms with Crippen molar-refractivity contribution in [3.63, 3.8) is 0 Å². The summed E-state index contributed by atoms with van der Waals surface area (Å²) in [6.45, 7) is 3.19. The third-order valence-corrected chi connectivity index (χ3v) is 10.8. The molecule has 0 spiro atoms. The summed E-state index contributed by atoms with van der Waals surface area (Å²) in [4.78, 5) is 22.0. The lowest BCUT2D eigenvalue weighted by molar-refractivity contribution is -0.272. The van der Waals surface area contributed by atoms with Crippen molar-refractivity contribution in [2.24, 2.45) is 0 Å². The minimum Gasteiger partial charge on any atom is -0.396 e. The highest BCUT2D eigenvalue weighted by Gasteiger charge is 2.04. The van der Waals surface area contributed by atoms with Gasteiger partial charge in [-0.2, -0.15) is 4.89 Å². The lowest BCUT2D eigenvalue weighted by Crippen LogP contribution is -2.06. The smallest absolute Gasteiger partial charge is 0.342 e. The second-order valence-corrected chi connectivity index (χ2v) is 15.9. The van der Waals surface area contributed by atoms with Crippen LogP contribution in [0.5, 0.6) is 0 Å². The number of aliphatic hydroxyl groups is 1. The maximum absolute atomic E-state index is 11.9. The molecule has 300 valence electrons. The van der Waals surface area contributed by atoms with Crippen molar-refractivity contribution < 1.29 is 19.7 Å². The summed E-state index contributed by atoms with van der Waals surface area (Å²) in [6, 6.07) is 0. The molecular formula is C46H92O4. The number of hydrogen-bond acceptors (Lipinski definition) is 4. The number of aliphatic hydroxyl groups excluding tert-OH is 1. The second kappa shape index (κ2) is 46.4. The van der Waals surface area contributed by atoms with Crippen LogP contribution in [-0.2, 0) is 14.6 Å². The Kier molecular flexibility index (Phi) is 45.8. The first kappa shape index (κ1) is 49.4. The highest BCUT2D eigenvalue weighted by atomic mass is 17.2. The molecular weight excluding hydrogens is 617 g/mol. The van der Waals surface area contributed by atoms with Crippen molar-refractivity contribution in [3.05, 3.63) is 0 Å². The van der Waals surface area contributed by atoms with Crippen LogP contribution >= 0.6 is 0 Å². The van der Waals surface area contributed by atoms with Gasteiger partial charge in [0.2, 0.25) is 0 Å². The van der Waals surface area contributed by atoms with E-state index in [9.17, 15) is 4.79 Å². The van der Waals surface area contributed by atoms with E-state index in [1.165, 1.54) is 238 Å². The van der Waals surface area contributed by atoms with Gasteiger partial charge in [0.25, 0.3) is 0 Å². The predicted molar refractivity (Wildman–Crippen MR) is 219 cm³/mol. The first-order valence-electron chi connectivity index (χ1n) is 23.2. The zero-order chi connectivity index (χ0) is 36.1. The monoisotopic (exact) mass is 709 g/mol. The van der Waals surface area contributed by atoms with Crippen molar-refractivity contribution in [3.8, 4) is 0 Å². The predicted octanol–water partition coefficient (Wildman–Crippen LogP) is 15.9. The minimum absolute atomic E-state index is 0.194. The first-order valence-corrected chi connectivity index (χ1v) is 23.2. The Labute approximate surface area is 314 Å². The highest BCUT2D eigenvalue weighted by molar-refractivity contribution is 5.68. The van der Waals surface area contributed by atoms with Crippen LogP contribution in [0.15, 0.2) is 0 Å². The Bertz CT molecular complexity index is 609. The van der Waals surface area contributed by atoms with Crippen LogP contribution < -0.4 is 0 Å². The summed E-state index contributed by atoms with van der Waals surface area (Å²) in [5.41, 5.74) is 0. The van der Waals surface area contributed by atoms with E-state index in [1.807, 2.05) is 0 Å². The zero-order valence-electron chi connectivity index (χ0n) is 34.3. The Hall–Kier alpha value is -0.610. The standard InChI is InChI=1S/C46H92O4/c1-2-3-4-5-6-7-8-9-22-25-28-31-34-37-40-43-46(48)50-49-45-42-39-36-33-30-27-24-21-19-17-15-13-11-10-12-14-16-18-20-23-26-29-32-35-38-41-44-47/h47H,2-45H2,1H3. The third kappa shape index (κ3) is 45.4. The molecule has 0 aliphatic heterocycles. The molecule has 0 amide bonds. The molecule has 0 bridgehead atoms. The molecule has 0 saturated carbocycles. The Morgan fingerprint density at radius 3 is 0.860 bits per heavy atom. The quantitative estimate of drug-likeness (QED) is 0.0389. The molecule has 0 fully saturated rings. The van der Waals surface area contributed by atoms with Crippen LogP contribution in [0.3, 0.4) is 0 Å². The molecule has 4 nitrogen and oxygen atoms in total. The molecule has 0 aliphatic rings. The first-order chi connectivity index (χ1) is 24.8. The van der Waals surface area contributed by atoms with E-state index in [0.717, 1.165) is 25.7 Å². The Morgan fingerprint density at radius 1 is 0.340 bits per heavy atom. The number of rotatable bonds is 45. The van der Waals surface area contributed by atoms with Crippen LogP contribution in [0, 0.1) is 0 Å². The van der Waals surface area contributed by atoms with Gasteiger partial charge in [0.15, 0.2) is 0 Å². The molecule has 0 unspecified atom stereocenters. The fourth-order valence-electron chi connectivity index (χ4n) is 7.31. The average molecular weight is 709 g/mol. The van der Waals surface area contributed by atoms with Crippen molar-refractivity contribution >= 4 is 5.97 Å². The Morgan fingerprint density at radius 2 is 0.580 bits per heavy atom. The molecule has 4 heteroatoms. The van der Waals surface area contributed by atoms with E-state index >= 15 is 0 Å². The Balaban J connectivity index is 3.13. The van der Waals surface area contributed by atoms with Crippen LogP contribution in [0.25, 0.3) is 0 Å². The molecule has 0 saturated heterocycles. The molecule has 0 aromatic rings. The van der Waals surface area contributed by atoms with Crippen molar-refractivity contribution in [1.29, 1.82) is 0 Å². The van der Waals surface area contributed by atoms with Gasteiger partial charge >= 0.3 is 5.97 Å². The molecule has 0 aromatic heterocycles. The molecule has 0 aromatic carbocycles. The normalized spacial score (nSPS) is 11.5. The number of hydrogen-bond donors (Lipinski definition) is 1. The van der Waals surface area contributed by atoms with Crippen LogP contribution in [0.4, 0.5) is 0 Å². The highest BCUT2D eigenvalue weighted by Crippen LogP contribution is 2.17. The van der Waals surface area contributed by atoms with Crippen LogP contribution in [-0.4, -0.2) is 24.3 Å². The van der Waals surface area contributed by atoms with Gasteiger partial charge in [-0.1, -0.05) is 251 Å². The summed E-state index contributed by atoms with van der Waals surface area (Å²) >= 11 is 0. The topological polar surface area (TPSA) is 55.8 Å². The fourth-order valence-corrected chi connectivity index (χ4v) is 7.31. The average Bonchev–Trinajstić information content (AvgIpc) is 3.12. The summed E-state index contributed by atoms with van der Waals surface area (Å²) in [7, 11) is 0. The van der Waals surface area contributed by atoms with Gasteiger partial charge in [0, 0.05) is 13.0 Å². The summed E-state index contributed by atoms with van der Waals surface area (Å²) in [5.74, 6) is -0.194. The van der Waals surface area contributed by atoms with Crippen LogP contribution in [0.1, 0.15) is 277 Å².